The molecule has 0 radical (unpaired) electrons. The van der Waals surface area contributed by atoms with E-state index in [2.05, 4.69) is 33.0 Å². The summed E-state index contributed by atoms with van der Waals surface area (Å²) in [6.07, 6.45) is 0. The SMILES string of the molecule is CC(C)C(CNC(=O)COc1ccccc1N)C(C)C. The Balaban J connectivity index is 2.39. The minimum atomic E-state index is -0.112. The van der Waals surface area contributed by atoms with Crippen LogP contribution in [0.2, 0.25) is 0 Å². The van der Waals surface area contributed by atoms with Gasteiger partial charge < -0.3 is 15.8 Å². The van der Waals surface area contributed by atoms with Crippen molar-refractivity contribution in [2.24, 2.45) is 17.8 Å². The summed E-state index contributed by atoms with van der Waals surface area (Å²) in [6.45, 7) is 9.39. The van der Waals surface area contributed by atoms with Crippen molar-refractivity contribution in [1.82, 2.24) is 5.32 Å². The van der Waals surface area contributed by atoms with Crippen LogP contribution in [0.3, 0.4) is 0 Å². The molecule has 0 atom stereocenters. The molecule has 1 amide bonds. The Morgan fingerprint density at radius 1 is 1.20 bits per heavy atom. The Bertz CT molecular complexity index is 422. The second-order valence-electron chi connectivity index (χ2n) is 5.78. The zero-order valence-corrected chi connectivity index (χ0v) is 12.8. The summed E-state index contributed by atoms with van der Waals surface area (Å²) in [5.41, 5.74) is 6.30. The normalized spacial score (nSPS) is 11.2. The van der Waals surface area contributed by atoms with Gasteiger partial charge in [0, 0.05) is 6.54 Å². The first kappa shape index (κ1) is 16.3. The van der Waals surface area contributed by atoms with Crippen LogP contribution in [0.25, 0.3) is 0 Å². The standard InChI is InChI=1S/C16H26N2O2/c1-11(2)13(12(3)4)9-18-16(19)10-20-15-8-6-5-7-14(15)17/h5-8,11-13H,9-10,17H2,1-4H3,(H,18,19). The molecule has 0 unspecified atom stereocenters. The minimum absolute atomic E-state index is 0.00285. The summed E-state index contributed by atoms with van der Waals surface area (Å²) in [4.78, 5) is 11.8. The van der Waals surface area contributed by atoms with E-state index in [1.54, 1.807) is 12.1 Å². The molecule has 4 nitrogen and oxygen atoms in total. The van der Waals surface area contributed by atoms with Gasteiger partial charge in [-0.2, -0.15) is 0 Å². The number of hydrogen-bond acceptors (Lipinski definition) is 3. The Morgan fingerprint density at radius 2 is 1.80 bits per heavy atom. The van der Waals surface area contributed by atoms with Crippen molar-refractivity contribution in [3.05, 3.63) is 24.3 Å². The smallest absolute Gasteiger partial charge is 0.257 e. The molecular formula is C16H26N2O2. The highest BCUT2D eigenvalue weighted by Crippen LogP contribution is 2.20. The van der Waals surface area contributed by atoms with Crippen molar-refractivity contribution in [3.8, 4) is 5.75 Å². The van der Waals surface area contributed by atoms with Gasteiger partial charge in [-0.25, -0.2) is 0 Å². The number of benzene rings is 1. The fraction of sp³-hybridized carbons (Fsp3) is 0.562. The lowest BCUT2D eigenvalue weighted by Crippen LogP contribution is -2.36. The molecule has 1 aromatic rings. The van der Waals surface area contributed by atoms with Gasteiger partial charge in [0.2, 0.25) is 0 Å². The lowest BCUT2D eigenvalue weighted by molar-refractivity contribution is -0.123. The maximum Gasteiger partial charge on any atom is 0.257 e. The molecule has 1 rings (SSSR count). The molecule has 0 aromatic heterocycles. The first-order valence-electron chi connectivity index (χ1n) is 7.15. The summed E-state index contributed by atoms with van der Waals surface area (Å²) < 4.78 is 5.41. The molecule has 0 aliphatic carbocycles. The van der Waals surface area contributed by atoms with Crippen LogP contribution >= 0.6 is 0 Å². The van der Waals surface area contributed by atoms with Crippen LogP contribution in [-0.4, -0.2) is 19.1 Å². The van der Waals surface area contributed by atoms with Gasteiger partial charge >= 0.3 is 0 Å². The van der Waals surface area contributed by atoms with E-state index in [9.17, 15) is 4.79 Å². The molecule has 3 N–H and O–H groups in total. The van der Waals surface area contributed by atoms with Crippen LogP contribution in [0, 0.1) is 17.8 Å². The Hall–Kier alpha value is -1.71. The monoisotopic (exact) mass is 278 g/mol. The van der Waals surface area contributed by atoms with E-state index in [4.69, 9.17) is 10.5 Å². The van der Waals surface area contributed by atoms with Gasteiger partial charge in [0.1, 0.15) is 5.75 Å². The lowest BCUT2D eigenvalue weighted by Gasteiger charge is -2.25. The third kappa shape index (κ3) is 5.11. The highest BCUT2D eigenvalue weighted by atomic mass is 16.5. The van der Waals surface area contributed by atoms with Gasteiger partial charge in [-0.3, -0.25) is 4.79 Å². The number of anilines is 1. The number of ether oxygens (including phenoxy) is 1. The second kappa shape index (κ2) is 7.78. The van der Waals surface area contributed by atoms with E-state index in [-0.39, 0.29) is 12.5 Å². The first-order valence-corrected chi connectivity index (χ1v) is 7.15. The average molecular weight is 278 g/mol. The molecule has 0 heterocycles. The predicted molar refractivity (Wildman–Crippen MR) is 82.5 cm³/mol. The molecule has 0 fully saturated rings. The maximum atomic E-state index is 11.8. The number of hydrogen-bond donors (Lipinski definition) is 2. The van der Waals surface area contributed by atoms with Gasteiger partial charge in [0.05, 0.1) is 5.69 Å². The van der Waals surface area contributed by atoms with Crippen LogP contribution in [0.15, 0.2) is 24.3 Å². The number of rotatable bonds is 7. The van der Waals surface area contributed by atoms with Crippen LogP contribution in [-0.2, 0) is 4.79 Å². The lowest BCUT2D eigenvalue weighted by atomic mass is 9.85. The number of para-hydroxylation sites is 2. The van der Waals surface area contributed by atoms with Crippen molar-refractivity contribution in [3.63, 3.8) is 0 Å². The summed E-state index contributed by atoms with van der Waals surface area (Å²) in [6, 6.07) is 7.17. The number of amides is 1. The Labute approximate surface area is 121 Å². The van der Waals surface area contributed by atoms with E-state index in [0.717, 1.165) is 0 Å². The van der Waals surface area contributed by atoms with Crippen LogP contribution in [0.5, 0.6) is 5.75 Å². The van der Waals surface area contributed by atoms with Crippen LogP contribution in [0.4, 0.5) is 5.69 Å². The minimum Gasteiger partial charge on any atom is -0.482 e. The van der Waals surface area contributed by atoms with Gasteiger partial charge in [-0.05, 0) is 29.9 Å². The fourth-order valence-corrected chi connectivity index (χ4v) is 2.28. The first-order chi connectivity index (χ1) is 9.41. The number of nitrogens with one attached hydrogen (secondary N) is 1. The predicted octanol–water partition coefficient (Wildman–Crippen LogP) is 2.69. The van der Waals surface area contributed by atoms with Gasteiger partial charge in [0.25, 0.3) is 5.91 Å². The van der Waals surface area contributed by atoms with Crippen LogP contribution < -0.4 is 15.8 Å². The van der Waals surface area contributed by atoms with Gasteiger partial charge in [-0.1, -0.05) is 39.8 Å². The van der Waals surface area contributed by atoms with Crippen molar-refractivity contribution in [1.29, 1.82) is 0 Å². The molecule has 112 valence electrons. The molecule has 0 aliphatic heterocycles. The maximum absolute atomic E-state index is 11.8. The third-order valence-electron chi connectivity index (χ3n) is 3.53. The molecular weight excluding hydrogens is 252 g/mol. The molecule has 0 bridgehead atoms. The molecule has 0 saturated carbocycles. The summed E-state index contributed by atoms with van der Waals surface area (Å²) in [7, 11) is 0. The summed E-state index contributed by atoms with van der Waals surface area (Å²) >= 11 is 0. The van der Waals surface area contributed by atoms with E-state index in [0.29, 0.717) is 35.7 Å². The van der Waals surface area contributed by atoms with E-state index in [1.165, 1.54) is 0 Å². The third-order valence-corrected chi connectivity index (χ3v) is 3.53. The zero-order valence-electron chi connectivity index (χ0n) is 12.8. The second-order valence-corrected chi connectivity index (χ2v) is 5.78. The Kier molecular flexibility index (Phi) is 6.36. The van der Waals surface area contributed by atoms with Crippen molar-refractivity contribution < 1.29 is 9.53 Å². The van der Waals surface area contributed by atoms with E-state index >= 15 is 0 Å². The molecule has 20 heavy (non-hydrogen) atoms. The Morgan fingerprint density at radius 3 is 2.35 bits per heavy atom. The summed E-state index contributed by atoms with van der Waals surface area (Å²) in [5.74, 6) is 1.99. The van der Waals surface area contributed by atoms with Crippen LogP contribution in [0.1, 0.15) is 27.7 Å². The fourth-order valence-electron chi connectivity index (χ4n) is 2.28. The van der Waals surface area contributed by atoms with E-state index < -0.39 is 0 Å². The molecule has 1 aromatic carbocycles. The van der Waals surface area contributed by atoms with Gasteiger partial charge in [-0.15, -0.1) is 0 Å². The molecule has 0 aliphatic rings. The average Bonchev–Trinajstić information content (AvgIpc) is 2.37. The number of nitrogens with two attached hydrogens (primary N) is 1. The quantitative estimate of drug-likeness (QED) is 0.754. The zero-order chi connectivity index (χ0) is 15.1. The number of nitrogen functional groups attached to an aromatic ring is 1. The molecule has 0 saturated heterocycles. The van der Waals surface area contributed by atoms with Gasteiger partial charge in [0.15, 0.2) is 6.61 Å². The highest BCUT2D eigenvalue weighted by molar-refractivity contribution is 5.77. The molecule has 0 spiro atoms. The van der Waals surface area contributed by atoms with Crippen molar-refractivity contribution >= 4 is 11.6 Å². The van der Waals surface area contributed by atoms with E-state index in [1.807, 2.05) is 12.1 Å². The number of carbonyl (C=O) groups is 1. The van der Waals surface area contributed by atoms with Crippen molar-refractivity contribution in [2.45, 2.75) is 27.7 Å². The number of carbonyl (C=O) groups excluding carboxylic acids is 1. The summed E-state index contributed by atoms with van der Waals surface area (Å²) in [5, 5.41) is 2.93. The van der Waals surface area contributed by atoms with Crippen molar-refractivity contribution in [2.75, 3.05) is 18.9 Å². The largest absolute Gasteiger partial charge is 0.482 e. The molecule has 4 heteroatoms. The highest BCUT2D eigenvalue weighted by Gasteiger charge is 2.18. The topological polar surface area (TPSA) is 64.3 Å².